The van der Waals surface area contributed by atoms with Crippen molar-refractivity contribution in [1.82, 2.24) is 14.9 Å². The normalized spacial score (nSPS) is 11.2. The minimum atomic E-state index is 0.783. The Hall–Kier alpha value is -1.34. The number of aromatic nitrogens is 3. The maximum absolute atomic E-state index is 5.20. The lowest BCUT2D eigenvalue weighted by Gasteiger charge is -2.04. The average molecular weight is 355 g/mol. The lowest BCUT2D eigenvalue weighted by molar-refractivity contribution is 0.412. The van der Waals surface area contributed by atoms with Gasteiger partial charge in [0.1, 0.15) is 5.75 Å². The Kier molecular flexibility index (Phi) is 5.19. The lowest BCUT2D eigenvalue weighted by Crippen LogP contribution is -1.98. The molecule has 1 aromatic carbocycles. The zero-order valence-corrected chi connectivity index (χ0v) is 13.9. The quantitative estimate of drug-likeness (QED) is 0.611. The van der Waals surface area contributed by atoms with Gasteiger partial charge in [0.2, 0.25) is 5.16 Å². The summed E-state index contributed by atoms with van der Waals surface area (Å²) in [6.07, 6.45) is 4.53. The van der Waals surface area contributed by atoms with Crippen molar-refractivity contribution in [1.29, 1.82) is 0 Å². The Bertz CT molecular complexity index is 605. The summed E-state index contributed by atoms with van der Waals surface area (Å²) in [6.45, 7) is 2.03. The fourth-order valence-electron chi connectivity index (χ4n) is 1.65. The van der Waals surface area contributed by atoms with Crippen LogP contribution in [0.3, 0.4) is 0 Å². The monoisotopic (exact) mass is 354 g/mol. The summed E-state index contributed by atoms with van der Waals surface area (Å²) in [5.41, 5.74) is 0.973. The van der Waals surface area contributed by atoms with Crippen LogP contribution in [0, 0.1) is 0 Å². The molecule has 0 saturated carbocycles. The van der Waals surface area contributed by atoms with Crippen molar-refractivity contribution in [3.8, 4) is 5.75 Å². The standard InChI is InChI=1S/C13H15BrN4OS/c1-4-12-16-17-13(20-3)18(12)15-8-9-5-6-11(19-2)10(14)7-9/h5-8H,4H2,1-3H3/b15-8-. The second-order valence-corrected chi connectivity index (χ2v) is 5.53. The van der Waals surface area contributed by atoms with E-state index in [1.807, 2.05) is 31.4 Å². The Morgan fingerprint density at radius 3 is 2.85 bits per heavy atom. The minimum absolute atomic E-state index is 0.783. The van der Waals surface area contributed by atoms with Gasteiger partial charge in [0.15, 0.2) is 5.82 Å². The van der Waals surface area contributed by atoms with Crippen LogP contribution in [0.25, 0.3) is 0 Å². The van der Waals surface area contributed by atoms with Crippen LogP contribution in [-0.2, 0) is 6.42 Å². The number of halogens is 1. The van der Waals surface area contributed by atoms with E-state index in [1.54, 1.807) is 18.0 Å². The third-order valence-corrected chi connectivity index (χ3v) is 3.91. The van der Waals surface area contributed by atoms with E-state index < -0.39 is 0 Å². The first kappa shape index (κ1) is 15.1. The summed E-state index contributed by atoms with van der Waals surface area (Å²) in [6, 6.07) is 5.80. The number of ether oxygens (including phenoxy) is 1. The predicted molar refractivity (Wildman–Crippen MR) is 84.9 cm³/mol. The van der Waals surface area contributed by atoms with Gasteiger partial charge < -0.3 is 4.74 Å². The predicted octanol–water partition coefficient (Wildman–Crippen LogP) is 3.22. The van der Waals surface area contributed by atoms with Gasteiger partial charge in [-0.1, -0.05) is 18.7 Å². The number of rotatable bonds is 5. The van der Waals surface area contributed by atoms with Gasteiger partial charge in [-0.3, -0.25) is 0 Å². The molecule has 0 aliphatic heterocycles. The first-order chi connectivity index (χ1) is 9.69. The summed E-state index contributed by atoms with van der Waals surface area (Å²) >= 11 is 4.98. The van der Waals surface area contributed by atoms with Gasteiger partial charge in [-0.05, 0) is 45.9 Å². The fraction of sp³-hybridized carbons (Fsp3) is 0.308. The highest BCUT2D eigenvalue weighted by molar-refractivity contribution is 9.10. The van der Waals surface area contributed by atoms with Gasteiger partial charge in [-0.2, -0.15) is 9.78 Å². The zero-order chi connectivity index (χ0) is 14.5. The van der Waals surface area contributed by atoms with Gasteiger partial charge in [0.05, 0.1) is 17.8 Å². The van der Waals surface area contributed by atoms with Gasteiger partial charge in [-0.15, -0.1) is 10.2 Å². The highest BCUT2D eigenvalue weighted by Gasteiger charge is 2.08. The summed E-state index contributed by atoms with van der Waals surface area (Å²) in [5, 5.41) is 13.4. The molecular formula is C13H15BrN4OS. The molecule has 1 aromatic heterocycles. The van der Waals surface area contributed by atoms with Crippen molar-refractivity contribution < 1.29 is 4.74 Å². The van der Waals surface area contributed by atoms with Gasteiger partial charge in [-0.25, -0.2) is 0 Å². The molecule has 0 N–H and O–H groups in total. The van der Waals surface area contributed by atoms with E-state index in [-0.39, 0.29) is 0 Å². The van der Waals surface area contributed by atoms with E-state index in [0.717, 1.165) is 33.2 Å². The Labute approximate surface area is 130 Å². The number of aryl methyl sites for hydroxylation is 1. The minimum Gasteiger partial charge on any atom is -0.496 e. The van der Waals surface area contributed by atoms with E-state index in [0.29, 0.717) is 0 Å². The summed E-state index contributed by atoms with van der Waals surface area (Å²) in [4.78, 5) is 0. The molecule has 0 amide bonds. The first-order valence-electron chi connectivity index (χ1n) is 6.05. The Balaban J connectivity index is 2.29. The average Bonchev–Trinajstić information content (AvgIpc) is 2.87. The number of hydrogen-bond acceptors (Lipinski definition) is 5. The van der Waals surface area contributed by atoms with Gasteiger partial charge in [0.25, 0.3) is 0 Å². The molecule has 0 aliphatic rings. The molecule has 0 radical (unpaired) electrons. The molecule has 106 valence electrons. The van der Waals surface area contributed by atoms with Crippen LogP contribution in [0.15, 0.2) is 32.9 Å². The molecule has 20 heavy (non-hydrogen) atoms. The van der Waals surface area contributed by atoms with Crippen LogP contribution in [0.2, 0.25) is 0 Å². The molecule has 0 bridgehead atoms. The van der Waals surface area contributed by atoms with Crippen molar-refractivity contribution in [2.24, 2.45) is 5.10 Å². The molecule has 0 spiro atoms. The molecule has 0 saturated heterocycles. The number of benzene rings is 1. The van der Waals surface area contributed by atoms with E-state index in [9.17, 15) is 0 Å². The van der Waals surface area contributed by atoms with Crippen molar-refractivity contribution in [3.63, 3.8) is 0 Å². The maximum atomic E-state index is 5.20. The highest BCUT2D eigenvalue weighted by Crippen LogP contribution is 2.25. The lowest BCUT2D eigenvalue weighted by atomic mass is 10.2. The molecule has 2 rings (SSSR count). The molecule has 0 unspecified atom stereocenters. The molecule has 7 heteroatoms. The van der Waals surface area contributed by atoms with Crippen LogP contribution < -0.4 is 4.74 Å². The topological polar surface area (TPSA) is 52.3 Å². The van der Waals surface area contributed by atoms with Gasteiger partial charge in [0, 0.05) is 6.42 Å². The summed E-state index contributed by atoms with van der Waals surface area (Å²) in [5.74, 6) is 1.64. The molecule has 1 heterocycles. The van der Waals surface area contributed by atoms with Crippen molar-refractivity contribution in [2.75, 3.05) is 13.4 Å². The smallest absolute Gasteiger partial charge is 0.211 e. The van der Waals surface area contributed by atoms with Crippen LogP contribution in [-0.4, -0.2) is 34.5 Å². The van der Waals surface area contributed by atoms with Crippen LogP contribution in [0.5, 0.6) is 5.75 Å². The van der Waals surface area contributed by atoms with Gasteiger partial charge >= 0.3 is 0 Å². The molecular weight excluding hydrogens is 340 g/mol. The highest BCUT2D eigenvalue weighted by atomic mass is 79.9. The van der Waals surface area contributed by atoms with Crippen LogP contribution in [0.1, 0.15) is 18.3 Å². The van der Waals surface area contributed by atoms with Crippen molar-refractivity contribution >= 4 is 33.9 Å². The summed E-state index contributed by atoms with van der Waals surface area (Å²) < 4.78 is 7.87. The van der Waals surface area contributed by atoms with Crippen LogP contribution in [0.4, 0.5) is 0 Å². The number of hydrogen-bond donors (Lipinski definition) is 0. The SMILES string of the molecule is CCc1nnc(SC)n1/N=C\c1ccc(OC)c(Br)c1. The second-order valence-electron chi connectivity index (χ2n) is 3.91. The molecule has 5 nitrogen and oxygen atoms in total. The third kappa shape index (κ3) is 3.21. The van der Waals surface area contributed by atoms with E-state index in [1.165, 1.54) is 11.8 Å². The number of thioether (sulfide) groups is 1. The van der Waals surface area contributed by atoms with E-state index >= 15 is 0 Å². The molecule has 0 aliphatic carbocycles. The van der Waals surface area contributed by atoms with E-state index in [2.05, 4.69) is 31.2 Å². The third-order valence-electron chi connectivity index (χ3n) is 2.67. The second kappa shape index (κ2) is 6.90. The maximum Gasteiger partial charge on any atom is 0.211 e. The number of methoxy groups -OCH3 is 1. The van der Waals surface area contributed by atoms with Crippen LogP contribution >= 0.6 is 27.7 Å². The largest absolute Gasteiger partial charge is 0.496 e. The van der Waals surface area contributed by atoms with E-state index in [4.69, 9.17) is 4.74 Å². The Morgan fingerprint density at radius 1 is 1.45 bits per heavy atom. The fourth-order valence-corrected chi connectivity index (χ4v) is 2.65. The zero-order valence-electron chi connectivity index (χ0n) is 11.5. The van der Waals surface area contributed by atoms with Crippen molar-refractivity contribution in [3.05, 3.63) is 34.1 Å². The first-order valence-corrected chi connectivity index (χ1v) is 8.07. The molecule has 2 aromatic rings. The number of nitrogens with zero attached hydrogens (tertiary/aromatic N) is 4. The Morgan fingerprint density at radius 2 is 2.25 bits per heavy atom. The summed E-state index contributed by atoms with van der Waals surface area (Å²) in [7, 11) is 1.64. The van der Waals surface area contributed by atoms with Crippen molar-refractivity contribution in [2.45, 2.75) is 18.5 Å². The molecule has 0 fully saturated rings. The molecule has 0 atom stereocenters.